The number of nitrogens with zero attached hydrogens (tertiary/aromatic N) is 5. The van der Waals surface area contributed by atoms with Crippen LogP contribution >= 0.6 is 0 Å². The molecule has 6 nitrogen and oxygen atoms in total. The van der Waals surface area contributed by atoms with E-state index < -0.39 is 17.8 Å². The van der Waals surface area contributed by atoms with Gasteiger partial charge in [-0.1, -0.05) is 6.07 Å². The Balaban J connectivity index is 1.35. The van der Waals surface area contributed by atoms with E-state index >= 15 is 0 Å². The fraction of sp³-hybridized carbons (Fsp3) is 0.217. The zero-order valence-corrected chi connectivity index (χ0v) is 16.8. The van der Waals surface area contributed by atoms with Crippen LogP contribution in [0.2, 0.25) is 0 Å². The number of alkyl halides is 2. The van der Waals surface area contributed by atoms with Crippen LogP contribution in [0.4, 0.5) is 13.2 Å². The third kappa shape index (κ3) is 3.70. The Morgan fingerprint density at radius 3 is 2.59 bits per heavy atom. The molecule has 162 valence electrons. The Hall–Kier alpha value is -3.75. The van der Waals surface area contributed by atoms with Crippen molar-refractivity contribution >= 4 is 16.9 Å². The molecule has 0 saturated carbocycles. The number of halogens is 3. The minimum atomic E-state index is -2.91. The van der Waals surface area contributed by atoms with Gasteiger partial charge in [-0.05, 0) is 41.5 Å². The summed E-state index contributed by atoms with van der Waals surface area (Å²) in [4.78, 5) is 22.8. The smallest absolute Gasteiger partial charge is 0.266 e. The van der Waals surface area contributed by atoms with Crippen LogP contribution in [-0.2, 0) is 11.3 Å². The first kappa shape index (κ1) is 20.2. The molecule has 0 spiro atoms. The monoisotopic (exact) mass is 437 g/mol. The average Bonchev–Trinajstić information content (AvgIpc) is 3.15. The second-order valence-electron chi connectivity index (χ2n) is 7.74. The van der Waals surface area contributed by atoms with Crippen LogP contribution in [0.1, 0.15) is 23.5 Å². The Kier molecular flexibility index (Phi) is 5.08. The molecule has 1 aliphatic rings. The average molecular weight is 437 g/mol. The number of carbonyl (C=O) groups is 1. The van der Waals surface area contributed by atoms with Gasteiger partial charge >= 0.3 is 0 Å². The van der Waals surface area contributed by atoms with E-state index in [4.69, 9.17) is 0 Å². The van der Waals surface area contributed by atoms with Crippen LogP contribution in [0, 0.1) is 5.82 Å². The normalized spacial score (nSPS) is 14.2. The van der Waals surface area contributed by atoms with Gasteiger partial charge in [-0.15, -0.1) is 0 Å². The standard InChI is InChI=1S/C23H18F3N5O/c24-19-2-1-15(7-18(19)23(25)26)16-8-21-20(28-9-16)10-29-31(21)13-22(32)30-11-17(12-30)14-3-5-27-6-4-14/h1-10,17,23H,11-13H2. The first-order chi connectivity index (χ1) is 15.5. The van der Waals surface area contributed by atoms with E-state index in [2.05, 4.69) is 15.1 Å². The summed E-state index contributed by atoms with van der Waals surface area (Å²) in [6.45, 7) is 1.32. The number of rotatable bonds is 5. The van der Waals surface area contributed by atoms with Crippen LogP contribution in [-0.4, -0.2) is 43.6 Å². The molecule has 0 aliphatic carbocycles. The van der Waals surface area contributed by atoms with E-state index in [1.807, 2.05) is 12.1 Å². The van der Waals surface area contributed by atoms with Crippen molar-refractivity contribution in [2.45, 2.75) is 18.9 Å². The summed E-state index contributed by atoms with van der Waals surface area (Å²) in [5.74, 6) is -0.715. The highest BCUT2D eigenvalue weighted by Crippen LogP contribution is 2.30. The quantitative estimate of drug-likeness (QED) is 0.470. The number of amides is 1. The lowest BCUT2D eigenvalue weighted by Gasteiger charge is -2.39. The van der Waals surface area contributed by atoms with Gasteiger partial charge in [0.05, 0.1) is 17.3 Å². The maximum atomic E-state index is 13.6. The van der Waals surface area contributed by atoms with Gasteiger partial charge in [0.2, 0.25) is 5.91 Å². The summed E-state index contributed by atoms with van der Waals surface area (Å²) in [5.41, 5.74) is 2.63. The minimum Gasteiger partial charge on any atom is -0.340 e. The zero-order valence-electron chi connectivity index (χ0n) is 16.8. The van der Waals surface area contributed by atoms with E-state index in [0.29, 0.717) is 41.2 Å². The van der Waals surface area contributed by atoms with E-state index in [1.165, 1.54) is 12.3 Å². The highest BCUT2D eigenvalue weighted by molar-refractivity contribution is 5.83. The summed E-state index contributed by atoms with van der Waals surface area (Å²) in [7, 11) is 0. The maximum Gasteiger partial charge on any atom is 0.266 e. The summed E-state index contributed by atoms with van der Waals surface area (Å²) in [6, 6.07) is 9.19. The Labute approximate surface area is 181 Å². The maximum absolute atomic E-state index is 13.6. The lowest BCUT2D eigenvalue weighted by atomic mass is 9.92. The van der Waals surface area contributed by atoms with Crippen LogP contribution < -0.4 is 0 Å². The topological polar surface area (TPSA) is 63.9 Å². The first-order valence-electron chi connectivity index (χ1n) is 10.1. The molecule has 0 bridgehead atoms. The predicted octanol–water partition coefficient (Wildman–Crippen LogP) is 4.20. The van der Waals surface area contributed by atoms with E-state index in [0.717, 1.165) is 17.7 Å². The third-order valence-electron chi connectivity index (χ3n) is 5.76. The molecule has 32 heavy (non-hydrogen) atoms. The van der Waals surface area contributed by atoms with Gasteiger partial charge in [0.15, 0.2) is 0 Å². The van der Waals surface area contributed by atoms with Crippen molar-refractivity contribution in [3.63, 3.8) is 0 Å². The van der Waals surface area contributed by atoms with Gasteiger partial charge in [0.25, 0.3) is 6.43 Å². The number of carbonyl (C=O) groups excluding carboxylic acids is 1. The van der Waals surface area contributed by atoms with Crippen LogP contribution in [0.15, 0.2) is 61.2 Å². The van der Waals surface area contributed by atoms with Gasteiger partial charge in [0.1, 0.15) is 17.9 Å². The number of pyridine rings is 2. The molecule has 9 heteroatoms. The summed E-state index contributed by atoms with van der Waals surface area (Å²) in [6.07, 6.45) is 3.64. The molecule has 1 aromatic carbocycles. The Morgan fingerprint density at radius 2 is 1.84 bits per heavy atom. The summed E-state index contributed by atoms with van der Waals surface area (Å²) < 4.78 is 41.3. The number of likely N-dealkylation sites (tertiary alicyclic amines) is 1. The molecule has 1 amide bonds. The van der Waals surface area contributed by atoms with Crippen molar-refractivity contribution in [1.29, 1.82) is 0 Å². The van der Waals surface area contributed by atoms with Gasteiger partial charge in [0, 0.05) is 43.2 Å². The van der Waals surface area contributed by atoms with Crippen molar-refractivity contribution in [2.24, 2.45) is 0 Å². The molecule has 0 radical (unpaired) electrons. The number of hydrogen-bond donors (Lipinski definition) is 0. The lowest BCUT2D eigenvalue weighted by Crippen LogP contribution is -2.49. The third-order valence-corrected chi connectivity index (χ3v) is 5.76. The number of aromatic nitrogens is 4. The fourth-order valence-corrected chi connectivity index (χ4v) is 3.89. The molecule has 1 saturated heterocycles. The SMILES string of the molecule is O=C(Cn1ncc2ncc(-c3ccc(F)c(C(F)F)c3)cc21)N1CC(c2ccncc2)C1. The molecule has 4 aromatic rings. The van der Waals surface area contributed by atoms with Crippen LogP contribution in [0.3, 0.4) is 0 Å². The van der Waals surface area contributed by atoms with E-state index in [9.17, 15) is 18.0 Å². The molecule has 0 atom stereocenters. The molecule has 0 N–H and O–H groups in total. The zero-order chi connectivity index (χ0) is 22.2. The van der Waals surface area contributed by atoms with Gasteiger partial charge in [-0.2, -0.15) is 5.10 Å². The van der Waals surface area contributed by atoms with E-state index in [1.54, 1.807) is 34.2 Å². The molecular formula is C23H18F3N5O. The van der Waals surface area contributed by atoms with Crippen molar-refractivity contribution in [2.75, 3.05) is 13.1 Å². The van der Waals surface area contributed by atoms with Crippen molar-refractivity contribution < 1.29 is 18.0 Å². The summed E-state index contributed by atoms with van der Waals surface area (Å²) in [5, 5.41) is 4.27. The largest absolute Gasteiger partial charge is 0.340 e. The molecule has 5 rings (SSSR count). The number of fused-ring (bicyclic) bond motifs is 1. The van der Waals surface area contributed by atoms with Crippen molar-refractivity contribution in [3.8, 4) is 11.1 Å². The highest BCUT2D eigenvalue weighted by atomic mass is 19.3. The van der Waals surface area contributed by atoms with Gasteiger partial charge in [-0.3, -0.25) is 19.4 Å². The minimum absolute atomic E-state index is 0.0450. The van der Waals surface area contributed by atoms with Crippen molar-refractivity contribution in [3.05, 3.63) is 78.1 Å². The van der Waals surface area contributed by atoms with Crippen LogP contribution in [0.25, 0.3) is 22.2 Å². The molecule has 4 heterocycles. The Bertz CT molecular complexity index is 1290. The lowest BCUT2D eigenvalue weighted by molar-refractivity contribution is -0.136. The molecule has 0 unspecified atom stereocenters. The molecule has 3 aromatic heterocycles. The van der Waals surface area contributed by atoms with E-state index in [-0.39, 0.29) is 12.5 Å². The number of hydrogen-bond acceptors (Lipinski definition) is 4. The molecule has 1 fully saturated rings. The fourth-order valence-electron chi connectivity index (χ4n) is 3.89. The molecule has 1 aliphatic heterocycles. The Morgan fingerprint density at radius 1 is 1.06 bits per heavy atom. The van der Waals surface area contributed by atoms with Gasteiger partial charge < -0.3 is 4.90 Å². The summed E-state index contributed by atoms with van der Waals surface area (Å²) >= 11 is 0. The molecular weight excluding hydrogens is 419 g/mol. The van der Waals surface area contributed by atoms with Crippen molar-refractivity contribution in [1.82, 2.24) is 24.6 Å². The second-order valence-corrected chi connectivity index (χ2v) is 7.74. The van der Waals surface area contributed by atoms with Gasteiger partial charge in [-0.25, -0.2) is 13.2 Å². The second kappa shape index (κ2) is 8.07. The first-order valence-corrected chi connectivity index (χ1v) is 10.1. The predicted molar refractivity (Wildman–Crippen MR) is 111 cm³/mol. The highest BCUT2D eigenvalue weighted by Gasteiger charge is 2.31. The number of benzene rings is 1. The van der Waals surface area contributed by atoms with Crippen LogP contribution in [0.5, 0.6) is 0 Å².